The molecule has 1 unspecified atom stereocenters. The van der Waals surface area contributed by atoms with Crippen LogP contribution in [0.4, 0.5) is 0 Å². The predicted octanol–water partition coefficient (Wildman–Crippen LogP) is 0.921. The van der Waals surface area contributed by atoms with E-state index in [-0.39, 0.29) is 11.6 Å². The molecule has 1 saturated heterocycles. The summed E-state index contributed by atoms with van der Waals surface area (Å²) in [6, 6.07) is 0. The van der Waals surface area contributed by atoms with Crippen LogP contribution in [0.5, 0.6) is 0 Å². The highest BCUT2D eigenvalue weighted by atomic mass is 32.2. The van der Waals surface area contributed by atoms with Crippen molar-refractivity contribution in [2.75, 3.05) is 6.54 Å². The van der Waals surface area contributed by atoms with E-state index in [1.807, 2.05) is 6.92 Å². The van der Waals surface area contributed by atoms with E-state index in [1.165, 1.54) is 19.4 Å². The smallest absolute Gasteiger partial charge is 0.324 e. The largest absolute Gasteiger partial charge is 0.480 e. The second kappa shape index (κ2) is 5.17. The van der Waals surface area contributed by atoms with Gasteiger partial charge in [0.2, 0.25) is 0 Å². The van der Waals surface area contributed by atoms with Crippen molar-refractivity contribution in [1.29, 1.82) is 0 Å². The number of carboxylic acid groups (broad SMARTS) is 1. The Hall–Kier alpha value is -1.41. The van der Waals surface area contributed by atoms with Gasteiger partial charge in [0.25, 0.3) is 10.0 Å². The van der Waals surface area contributed by atoms with Gasteiger partial charge in [-0.25, -0.2) is 13.4 Å². The number of imidazole rings is 1. The molecule has 0 amide bonds. The Morgan fingerprint density at radius 3 is 2.75 bits per heavy atom. The fourth-order valence-electron chi connectivity index (χ4n) is 2.45. The van der Waals surface area contributed by atoms with Crippen LogP contribution in [0.1, 0.15) is 33.1 Å². The van der Waals surface area contributed by atoms with Crippen molar-refractivity contribution in [3.63, 3.8) is 0 Å². The number of piperidine rings is 1. The average molecular weight is 301 g/mol. The summed E-state index contributed by atoms with van der Waals surface area (Å²) in [6.45, 7) is 4.16. The minimum absolute atomic E-state index is 0.0891. The molecule has 1 aromatic rings. The molecule has 1 atom stereocenters. The Bertz CT molecular complexity index is 610. The molecule has 20 heavy (non-hydrogen) atoms. The number of hydrogen-bond donors (Lipinski definition) is 1. The van der Waals surface area contributed by atoms with Crippen LogP contribution in [0, 0.1) is 0 Å². The average Bonchev–Trinajstić information content (AvgIpc) is 2.88. The molecule has 1 aromatic heterocycles. The Morgan fingerprint density at radius 1 is 1.50 bits per heavy atom. The highest BCUT2D eigenvalue weighted by Crippen LogP contribution is 2.33. The first-order chi connectivity index (χ1) is 9.32. The Balaban J connectivity index is 2.43. The topological polar surface area (TPSA) is 92.5 Å². The van der Waals surface area contributed by atoms with Gasteiger partial charge in [-0.15, -0.1) is 0 Å². The lowest BCUT2D eigenvalue weighted by atomic mass is 9.91. The third kappa shape index (κ3) is 2.33. The van der Waals surface area contributed by atoms with E-state index in [1.54, 1.807) is 4.57 Å². The number of rotatable bonds is 4. The van der Waals surface area contributed by atoms with Gasteiger partial charge < -0.3 is 9.67 Å². The maximum Gasteiger partial charge on any atom is 0.324 e. The van der Waals surface area contributed by atoms with Crippen LogP contribution < -0.4 is 0 Å². The van der Waals surface area contributed by atoms with Crippen molar-refractivity contribution in [3.8, 4) is 0 Å². The molecule has 0 aromatic carbocycles. The lowest BCUT2D eigenvalue weighted by Gasteiger charge is -2.39. The third-order valence-corrected chi connectivity index (χ3v) is 5.72. The number of sulfonamides is 1. The van der Waals surface area contributed by atoms with E-state index in [4.69, 9.17) is 0 Å². The normalized spacial score (nSPS) is 24.7. The molecule has 1 fully saturated rings. The molecule has 0 saturated carbocycles. The van der Waals surface area contributed by atoms with Crippen LogP contribution in [0.25, 0.3) is 0 Å². The van der Waals surface area contributed by atoms with Crippen LogP contribution in [-0.2, 0) is 21.4 Å². The van der Waals surface area contributed by atoms with Crippen LogP contribution in [-0.4, -0.2) is 45.4 Å². The first kappa shape index (κ1) is 15.0. The fraction of sp³-hybridized carbons (Fsp3) is 0.667. The molecule has 0 bridgehead atoms. The van der Waals surface area contributed by atoms with Gasteiger partial charge in [-0.3, -0.25) is 4.79 Å². The summed E-state index contributed by atoms with van der Waals surface area (Å²) in [7, 11) is -3.88. The number of carbonyl (C=O) groups is 1. The van der Waals surface area contributed by atoms with Gasteiger partial charge in [-0.05, 0) is 33.1 Å². The molecule has 2 heterocycles. The van der Waals surface area contributed by atoms with E-state index in [0.29, 0.717) is 25.8 Å². The molecule has 1 N–H and O–H groups in total. The SMILES string of the molecule is CCn1cnc(S(=O)(=O)N2CCCCC2(C)C(=O)O)c1. The molecule has 0 radical (unpaired) electrons. The van der Waals surface area contributed by atoms with E-state index < -0.39 is 21.5 Å². The lowest BCUT2D eigenvalue weighted by Crippen LogP contribution is -2.57. The van der Waals surface area contributed by atoms with Gasteiger partial charge in [0.1, 0.15) is 5.54 Å². The van der Waals surface area contributed by atoms with Crippen molar-refractivity contribution in [3.05, 3.63) is 12.5 Å². The molecular weight excluding hydrogens is 282 g/mol. The Kier molecular flexibility index (Phi) is 3.88. The molecule has 112 valence electrons. The van der Waals surface area contributed by atoms with Crippen molar-refractivity contribution in [2.45, 2.75) is 50.2 Å². The zero-order valence-corrected chi connectivity index (χ0v) is 12.4. The highest BCUT2D eigenvalue weighted by molar-refractivity contribution is 7.89. The molecule has 2 rings (SSSR count). The maximum absolute atomic E-state index is 12.6. The van der Waals surface area contributed by atoms with Gasteiger partial charge in [0, 0.05) is 19.3 Å². The number of carboxylic acids is 1. The monoisotopic (exact) mass is 301 g/mol. The first-order valence-electron chi connectivity index (χ1n) is 6.60. The fourth-order valence-corrected chi connectivity index (χ4v) is 4.20. The van der Waals surface area contributed by atoms with Crippen LogP contribution >= 0.6 is 0 Å². The minimum atomic E-state index is -3.88. The minimum Gasteiger partial charge on any atom is -0.480 e. The molecule has 0 aliphatic carbocycles. The van der Waals surface area contributed by atoms with E-state index in [0.717, 1.165) is 4.31 Å². The van der Waals surface area contributed by atoms with Crippen molar-refractivity contribution in [1.82, 2.24) is 13.9 Å². The number of aryl methyl sites for hydroxylation is 1. The standard InChI is InChI=1S/C12H19N3O4S/c1-3-14-8-10(13-9-14)20(18,19)15-7-5-4-6-12(15,2)11(16)17/h8-9H,3-7H2,1-2H3,(H,16,17). The number of nitrogens with zero attached hydrogens (tertiary/aromatic N) is 3. The quantitative estimate of drug-likeness (QED) is 0.892. The van der Waals surface area contributed by atoms with Gasteiger partial charge in [-0.1, -0.05) is 0 Å². The molecule has 1 aliphatic heterocycles. The first-order valence-corrected chi connectivity index (χ1v) is 8.04. The van der Waals surface area contributed by atoms with Crippen molar-refractivity contribution < 1.29 is 18.3 Å². The van der Waals surface area contributed by atoms with Crippen LogP contribution in [0.15, 0.2) is 17.6 Å². The zero-order valence-electron chi connectivity index (χ0n) is 11.6. The molecule has 1 aliphatic rings. The Morgan fingerprint density at radius 2 is 2.20 bits per heavy atom. The predicted molar refractivity (Wildman–Crippen MR) is 71.7 cm³/mol. The van der Waals surface area contributed by atoms with E-state index in [2.05, 4.69) is 4.98 Å². The van der Waals surface area contributed by atoms with Crippen LogP contribution in [0.3, 0.4) is 0 Å². The molecule has 8 heteroatoms. The van der Waals surface area contributed by atoms with Crippen molar-refractivity contribution in [2.24, 2.45) is 0 Å². The summed E-state index contributed by atoms with van der Waals surface area (Å²) in [5.41, 5.74) is -1.40. The summed E-state index contributed by atoms with van der Waals surface area (Å²) >= 11 is 0. The van der Waals surface area contributed by atoms with Gasteiger partial charge in [-0.2, -0.15) is 4.31 Å². The lowest BCUT2D eigenvalue weighted by molar-refractivity contribution is -0.149. The third-order valence-electron chi connectivity index (χ3n) is 3.82. The molecular formula is C12H19N3O4S. The summed E-state index contributed by atoms with van der Waals surface area (Å²) in [6.07, 6.45) is 4.56. The summed E-state index contributed by atoms with van der Waals surface area (Å²) in [4.78, 5) is 15.4. The zero-order chi connectivity index (χ0) is 15.0. The van der Waals surface area contributed by atoms with Gasteiger partial charge in [0.15, 0.2) is 5.03 Å². The summed E-state index contributed by atoms with van der Waals surface area (Å²) in [5.74, 6) is -1.12. The summed E-state index contributed by atoms with van der Waals surface area (Å²) in [5, 5.41) is 9.31. The highest BCUT2D eigenvalue weighted by Gasteiger charge is 2.48. The Labute approximate surface area is 118 Å². The summed E-state index contributed by atoms with van der Waals surface area (Å²) < 4.78 is 28.0. The molecule has 7 nitrogen and oxygen atoms in total. The van der Waals surface area contributed by atoms with Crippen molar-refractivity contribution >= 4 is 16.0 Å². The number of aliphatic carboxylic acids is 1. The van der Waals surface area contributed by atoms with Gasteiger partial charge in [0.05, 0.1) is 6.33 Å². The molecule has 0 spiro atoms. The van der Waals surface area contributed by atoms with Gasteiger partial charge >= 0.3 is 5.97 Å². The second-order valence-electron chi connectivity index (χ2n) is 5.16. The number of hydrogen-bond acceptors (Lipinski definition) is 4. The van der Waals surface area contributed by atoms with E-state index in [9.17, 15) is 18.3 Å². The second-order valence-corrected chi connectivity index (χ2v) is 6.96. The van der Waals surface area contributed by atoms with E-state index >= 15 is 0 Å². The van der Waals surface area contributed by atoms with Crippen LogP contribution in [0.2, 0.25) is 0 Å². The number of aromatic nitrogens is 2. The maximum atomic E-state index is 12.6.